The van der Waals surface area contributed by atoms with Crippen molar-refractivity contribution < 1.29 is 9.72 Å². The summed E-state index contributed by atoms with van der Waals surface area (Å²) >= 11 is 3.47. The molecule has 1 rings (SSSR count). The van der Waals surface area contributed by atoms with Crippen LogP contribution in [0.1, 0.15) is 30.3 Å². The van der Waals surface area contributed by atoms with Crippen molar-refractivity contribution in [3.8, 4) is 0 Å². The summed E-state index contributed by atoms with van der Waals surface area (Å²) in [7, 11) is 1.61. The molecule has 1 amide bonds. The highest BCUT2D eigenvalue weighted by Gasteiger charge is 2.17. The quantitative estimate of drug-likeness (QED) is 0.496. The Balaban J connectivity index is 2.59. The van der Waals surface area contributed by atoms with Crippen LogP contribution < -0.4 is 5.32 Å². The average molecular weight is 318 g/mol. The normalized spacial score (nSPS) is 12.2. The smallest absolute Gasteiger partial charge is 0.287 e. The van der Waals surface area contributed by atoms with Crippen LogP contribution in [0.5, 0.6) is 0 Å². The van der Waals surface area contributed by atoms with Crippen molar-refractivity contribution in [2.24, 2.45) is 7.05 Å². The summed E-state index contributed by atoms with van der Waals surface area (Å²) in [5.74, 6) is -0.290. The molecule has 1 unspecified atom stereocenters. The van der Waals surface area contributed by atoms with Crippen molar-refractivity contribution >= 4 is 27.5 Å². The van der Waals surface area contributed by atoms with Crippen LogP contribution in [0.25, 0.3) is 0 Å². The molecular formula is C11H16BrN3O3. The second-order valence-corrected chi connectivity index (χ2v) is 5.30. The number of aromatic nitrogens is 1. The van der Waals surface area contributed by atoms with Crippen molar-refractivity contribution in [1.82, 2.24) is 9.88 Å². The number of nitrogens with one attached hydrogen (secondary N) is 1. The number of nitro groups is 1. The molecule has 1 N–H and O–H groups in total. The summed E-state index contributed by atoms with van der Waals surface area (Å²) in [5, 5.41) is 13.3. The molecule has 0 aliphatic heterocycles. The molecule has 0 radical (unpaired) electrons. The topological polar surface area (TPSA) is 77.2 Å². The van der Waals surface area contributed by atoms with Crippen molar-refractivity contribution in [3.05, 3.63) is 28.1 Å². The lowest BCUT2D eigenvalue weighted by molar-refractivity contribution is -0.384. The Labute approximate surface area is 114 Å². The maximum atomic E-state index is 11.8. The molecule has 100 valence electrons. The molecule has 0 aliphatic carbocycles. The summed E-state index contributed by atoms with van der Waals surface area (Å²) in [5.41, 5.74) is 0.221. The van der Waals surface area contributed by atoms with Gasteiger partial charge in [0, 0.05) is 24.5 Å². The van der Waals surface area contributed by atoms with Gasteiger partial charge in [0.15, 0.2) is 0 Å². The van der Waals surface area contributed by atoms with Crippen molar-refractivity contribution in [2.75, 3.05) is 6.54 Å². The third-order valence-electron chi connectivity index (χ3n) is 2.62. The fourth-order valence-corrected chi connectivity index (χ4v) is 1.74. The zero-order valence-electron chi connectivity index (χ0n) is 10.4. The first-order valence-electron chi connectivity index (χ1n) is 5.68. The highest BCUT2D eigenvalue weighted by molar-refractivity contribution is 9.09. The Morgan fingerprint density at radius 2 is 2.33 bits per heavy atom. The lowest BCUT2D eigenvalue weighted by Crippen LogP contribution is -2.27. The van der Waals surface area contributed by atoms with Gasteiger partial charge in [-0.1, -0.05) is 22.9 Å². The molecule has 0 fully saturated rings. The first-order valence-corrected chi connectivity index (χ1v) is 6.60. The standard InChI is InChI=1S/C11H16BrN3O3/c1-3-8(12)4-5-13-11(16)10-6-9(15(17)18)7-14(10)2/h6-8H,3-5H2,1-2H3,(H,13,16). The molecule has 0 spiro atoms. The molecule has 0 saturated heterocycles. The number of halogens is 1. The van der Waals surface area contributed by atoms with Crippen LogP contribution in [-0.4, -0.2) is 26.8 Å². The number of hydrogen-bond donors (Lipinski definition) is 1. The third kappa shape index (κ3) is 3.83. The van der Waals surface area contributed by atoms with E-state index in [2.05, 4.69) is 28.2 Å². The average Bonchev–Trinajstić information content (AvgIpc) is 2.71. The highest BCUT2D eigenvalue weighted by Crippen LogP contribution is 2.15. The van der Waals surface area contributed by atoms with Gasteiger partial charge in [-0.05, 0) is 12.8 Å². The van der Waals surface area contributed by atoms with E-state index in [1.54, 1.807) is 7.05 Å². The van der Waals surface area contributed by atoms with Gasteiger partial charge in [-0.15, -0.1) is 0 Å². The maximum absolute atomic E-state index is 11.8. The van der Waals surface area contributed by atoms with Gasteiger partial charge in [0.1, 0.15) is 5.69 Å². The molecule has 18 heavy (non-hydrogen) atoms. The number of hydrogen-bond acceptors (Lipinski definition) is 3. The van der Waals surface area contributed by atoms with E-state index in [-0.39, 0.29) is 11.6 Å². The monoisotopic (exact) mass is 317 g/mol. The molecule has 6 nitrogen and oxygen atoms in total. The molecule has 1 heterocycles. The predicted molar refractivity (Wildman–Crippen MR) is 72.0 cm³/mol. The van der Waals surface area contributed by atoms with Crippen LogP contribution in [0.4, 0.5) is 5.69 Å². The van der Waals surface area contributed by atoms with Gasteiger partial charge in [0.25, 0.3) is 11.6 Å². The summed E-state index contributed by atoms with van der Waals surface area (Å²) in [6.07, 6.45) is 3.15. The lowest BCUT2D eigenvalue weighted by atomic mass is 10.2. The van der Waals surface area contributed by atoms with Gasteiger partial charge in [-0.25, -0.2) is 0 Å². The van der Waals surface area contributed by atoms with E-state index in [1.165, 1.54) is 16.8 Å². The second-order valence-electron chi connectivity index (χ2n) is 4.00. The van der Waals surface area contributed by atoms with Gasteiger partial charge in [-0.3, -0.25) is 14.9 Å². The Hall–Kier alpha value is -1.37. The van der Waals surface area contributed by atoms with E-state index in [4.69, 9.17) is 0 Å². The largest absolute Gasteiger partial charge is 0.351 e. The minimum absolute atomic E-state index is 0.0745. The highest BCUT2D eigenvalue weighted by atomic mass is 79.9. The van der Waals surface area contributed by atoms with Crippen molar-refractivity contribution in [3.63, 3.8) is 0 Å². The first kappa shape index (κ1) is 14.7. The van der Waals surface area contributed by atoms with E-state index < -0.39 is 4.92 Å². The SMILES string of the molecule is CCC(Br)CCNC(=O)c1cc([N+](=O)[O-])cn1C. The second kappa shape index (κ2) is 6.53. The number of amides is 1. The van der Waals surface area contributed by atoms with Gasteiger partial charge < -0.3 is 9.88 Å². The van der Waals surface area contributed by atoms with E-state index in [1.807, 2.05) is 0 Å². The van der Waals surface area contributed by atoms with Gasteiger partial charge in [0.2, 0.25) is 0 Å². The Kier molecular flexibility index (Phi) is 5.33. The Bertz CT molecular complexity index is 445. The first-order chi connectivity index (χ1) is 8.45. The van der Waals surface area contributed by atoms with Gasteiger partial charge in [-0.2, -0.15) is 0 Å². The van der Waals surface area contributed by atoms with Gasteiger partial charge >= 0.3 is 0 Å². The van der Waals surface area contributed by atoms with Crippen LogP contribution >= 0.6 is 15.9 Å². The van der Waals surface area contributed by atoms with Crippen molar-refractivity contribution in [2.45, 2.75) is 24.6 Å². The van der Waals surface area contributed by atoms with Crippen LogP contribution in [0.15, 0.2) is 12.3 Å². The summed E-state index contributed by atoms with van der Waals surface area (Å²) < 4.78 is 1.46. The molecule has 0 aliphatic rings. The number of carbonyl (C=O) groups is 1. The summed E-state index contributed by atoms with van der Waals surface area (Å²) in [4.78, 5) is 22.3. The number of rotatable bonds is 6. The molecule has 1 aromatic rings. The van der Waals surface area contributed by atoms with E-state index in [0.29, 0.717) is 17.1 Å². The minimum Gasteiger partial charge on any atom is -0.351 e. The Morgan fingerprint density at radius 3 is 2.83 bits per heavy atom. The Morgan fingerprint density at radius 1 is 1.67 bits per heavy atom. The van der Waals surface area contributed by atoms with Crippen LogP contribution in [0.3, 0.4) is 0 Å². The fraction of sp³-hybridized carbons (Fsp3) is 0.545. The number of aryl methyl sites for hydroxylation is 1. The van der Waals surface area contributed by atoms with E-state index >= 15 is 0 Å². The maximum Gasteiger partial charge on any atom is 0.287 e. The van der Waals surface area contributed by atoms with Gasteiger partial charge in [0.05, 0.1) is 11.1 Å². The molecule has 7 heteroatoms. The third-order valence-corrected chi connectivity index (χ3v) is 3.73. The molecule has 0 saturated carbocycles. The number of carbonyl (C=O) groups excluding carboxylic acids is 1. The molecular weight excluding hydrogens is 302 g/mol. The minimum atomic E-state index is -0.512. The van der Waals surface area contributed by atoms with Crippen LogP contribution in [0.2, 0.25) is 0 Å². The fourth-order valence-electron chi connectivity index (χ4n) is 1.51. The van der Waals surface area contributed by atoms with E-state index in [0.717, 1.165) is 12.8 Å². The molecule has 1 aromatic heterocycles. The lowest BCUT2D eigenvalue weighted by Gasteiger charge is -2.08. The zero-order chi connectivity index (χ0) is 13.7. The summed E-state index contributed by atoms with van der Waals surface area (Å²) in [6.45, 7) is 2.60. The van der Waals surface area contributed by atoms with E-state index in [9.17, 15) is 14.9 Å². The molecule has 1 atom stereocenters. The van der Waals surface area contributed by atoms with Crippen molar-refractivity contribution in [1.29, 1.82) is 0 Å². The summed E-state index contributed by atoms with van der Waals surface area (Å²) in [6, 6.07) is 1.28. The zero-order valence-corrected chi connectivity index (χ0v) is 11.9. The number of alkyl halides is 1. The van der Waals surface area contributed by atoms with Crippen LogP contribution in [-0.2, 0) is 7.05 Å². The van der Waals surface area contributed by atoms with Crippen LogP contribution in [0, 0.1) is 10.1 Å². The molecule has 0 bridgehead atoms. The predicted octanol–water partition coefficient (Wildman–Crippen LogP) is 2.23. The number of nitrogens with zero attached hydrogens (tertiary/aromatic N) is 2. The molecule has 0 aromatic carbocycles.